The molecule has 1 heterocycles. The molecule has 1 atom stereocenters. The van der Waals surface area contributed by atoms with E-state index in [1.54, 1.807) is 10.6 Å². The molecule has 3 rings (SSSR count). The fourth-order valence-electron chi connectivity index (χ4n) is 3.03. The third-order valence-corrected chi connectivity index (χ3v) is 5.24. The van der Waals surface area contributed by atoms with Gasteiger partial charge in [-0.2, -0.15) is 0 Å². The summed E-state index contributed by atoms with van der Waals surface area (Å²) >= 11 is 1.29. The lowest BCUT2D eigenvalue weighted by molar-refractivity contribution is -0.119. The van der Waals surface area contributed by atoms with E-state index in [0.717, 1.165) is 5.56 Å². The Hall–Kier alpha value is -2.60. The topological polar surface area (TPSA) is 64.0 Å². The molecule has 0 saturated carbocycles. The largest absolute Gasteiger partial charge is 0.351 e. The number of aromatic nitrogens is 2. The zero-order valence-electron chi connectivity index (χ0n) is 16.6. The van der Waals surface area contributed by atoms with Gasteiger partial charge in [0.15, 0.2) is 5.16 Å². The molecule has 28 heavy (non-hydrogen) atoms. The predicted molar refractivity (Wildman–Crippen MR) is 115 cm³/mol. The van der Waals surface area contributed by atoms with Crippen LogP contribution < -0.4 is 10.9 Å². The van der Waals surface area contributed by atoms with Gasteiger partial charge in [-0.3, -0.25) is 14.2 Å². The second kappa shape index (κ2) is 8.19. The molecule has 146 valence electrons. The van der Waals surface area contributed by atoms with Crippen molar-refractivity contribution in [3.63, 3.8) is 0 Å². The number of rotatable bonds is 5. The molecule has 0 spiro atoms. The van der Waals surface area contributed by atoms with Gasteiger partial charge in [-0.25, -0.2) is 4.98 Å². The lowest BCUT2D eigenvalue weighted by Gasteiger charge is -2.22. The summed E-state index contributed by atoms with van der Waals surface area (Å²) < 4.78 is 1.69. The minimum Gasteiger partial charge on any atom is -0.351 e. The van der Waals surface area contributed by atoms with Crippen LogP contribution in [0.3, 0.4) is 0 Å². The molecule has 0 aliphatic carbocycles. The SMILES string of the molecule is C[C@H](c1ccccc1)n1c(SCC(=O)NC(C)(C)C)nc2ccccc2c1=O. The van der Waals surface area contributed by atoms with Crippen LogP contribution in [0.15, 0.2) is 64.5 Å². The number of carbonyl (C=O) groups excluding carboxylic acids is 1. The van der Waals surface area contributed by atoms with Crippen molar-refractivity contribution < 1.29 is 4.79 Å². The van der Waals surface area contributed by atoms with Gasteiger partial charge >= 0.3 is 0 Å². The van der Waals surface area contributed by atoms with E-state index in [1.807, 2.05) is 76.2 Å². The molecular formula is C22H25N3O2S. The van der Waals surface area contributed by atoms with Crippen LogP contribution in [-0.2, 0) is 4.79 Å². The summed E-state index contributed by atoms with van der Waals surface area (Å²) in [6.07, 6.45) is 0. The predicted octanol–water partition coefficient (Wildman–Crippen LogP) is 4.01. The second-order valence-electron chi connectivity index (χ2n) is 7.76. The average molecular weight is 396 g/mol. The van der Waals surface area contributed by atoms with E-state index < -0.39 is 0 Å². The lowest BCUT2D eigenvalue weighted by atomic mass is 10.1. The van der Waals surface area contributed by atoms with Crippen LogP contribution in [0.4, 0.5) is 0 Å². The van der Waals surface area contributed by atoms with E-state index >= 15 is 0 Å². The van der Waals surface area contributed by atoms with Crippen molar-refractivity contribution in [3.8, 4) is 0 Å². The maximum atomic E-state index is 13.2. The number of carbonyl (C=O) groups is 1. The summed E-state index contributed by atoms with van der Waals surface area (Å²) in [4.78, 5) is 30.2. The first-order valence-electron chi connectivity index (χ1n) is 9.26. The number of amides is 1. The van der Waals surface area contributed by atoms with Crippen LogP contribution in [0, 0.1) is 0 Å². The first kappa shape index (κ1) is 20.1. The molecule has 1 amide bonds. The molecular weight excluding hydrogens is 370 g/mol. The average Bonchev–Trinajstić information content (AvgIpc) is 2.65. The van der Waals surface area contributed by atoms with Gasteiger partial charge in [0, 0.05) is 5.54 Å². The fraction of sp³-hybridized carbons (Fsp3) is 0.318. The number of hydrogen-bond acceptors (Lipinski definition) is 4. The molecule has 5 nitrogen and oxygen atoms in total. The Balaban J connectivity index is 2.02. The molecule has 0 aliphatic rings. The number of para-hydroxylation sites is 1. The van der Waals surface area contributed by atoms with Gasteiger partial charge in [0.05, 0.1) is 22.7 Å². The lowest BCUT2D eigenvalue weighted by Crippen LogP contribution is -2.41. The summed E-state index contributed by atoms with van der Waals surface area (Å²) in [6, 6.07) is 17.0. The van der Waals surface area contributed by atoms with E-state index in [2.05, 4.69) is 5.32 Å². The molecule has 3 aromatic rings. The van der Waals surface area contributed by atoms with E-state index in [-0.39, 0.29) is 28.8 Å². The fourth-order valence-corrected chi connectivity index (χ4v) is 3.91. The molecule has 0 aliphatic heterocycles. The van der Waals surface area contributed by atoms with Gasteiger partial charge in [-0.05, 0) is 45.4 Å². The molecule has 0 radical (unpaired) electrons. The Bertz CT molecular complexity index is 1040. The number of fused-ring (bicyclic) bond motifs is 1. The van der Waals surface area contributed by atoms with Crippen LogP contribution in [-0.4, -0.2) is 26.8 Å². The highest BCUT2D eigenvalue weighted by atomic mass is 32.2. The first-order valence-corrected chi connectivity index (χ1v) is 10.2. The molecule has 6 heteroatoms. The molecule has 0 saturated heterocycles. The third kappa shape index (κ3) is 4.62. The number of hydrogen-bond donors (Lipinski definition) is 1. The first-order chi connectivity index (χ1) is 13.3. The second-order valence-corrected chi connectivity index (χ2v) is 8.70. The van der Waals surface area contributed by atoms with Crippen molar-refractivity contribution in [3.05, 3.63) is 70.5 Å². The van der Waals surface area contributed by atoms with Crippen LogP contribution in [0.25, 0.3) is 10.9 Å². The molecule has 1 aromatic heterocycles. The quantitative estimate of drug-likeness (QED) is 0.524. The van der Waals surface area contributed by atoms with Gasteiger partial charge < -0.3 is 5.32 Å². The van der Waals surface area contributed by atoms with E-state index in [0.29, 0.717) is 16.1 Å². The minimum atomic E-state index is -0.300. The number of benzene rings is 2. The zero-order chi connectivity index (χ0) is 20.3. The van der Waals surface area contributed by atoms with Crippen LogP contribution >= 0.6 is 11.8 Å². The van der Waals surface area contributed by atoms with E-state index in [4.69, 9.17) is 4.98 Å². The Labute approximate surface area is 169 Å². The van der Waals surface area contributed by atoms with Gasteiger partial charge in [0.25, 0.3) is 5.56 Å². The molecule has 1 N–H and O–H groups in total. The van der Waals surface area contributed by atoms with Crippen molar-refractivity contribution in [2.45, 2.75) is 44.4 Å². The molecule has 0 bridgehead atoms. The molecule has 2 aromatic carbocycles. The van der Waals surface area contributed by atoms with Crippen LogP contribution in [0.2, 0.25) is 0 Å². The molecule has 0 unspecified atom stereocenters. The van der Waals surface area contributed by atoms with E-state index in [9.17, 15) is 9.59 Å². The van der Waals surface area contributed by atoms with Gasteiger partial charge in [-0.15, -0.1) is 0 Å². The van der Waals surface area contributed by atoms with Crippen molar-refractivity contribution in [2.24, 2.45) is 0 Å². The standard InChI is InChI=1S/C22H25N3O2S/c1-15(16-10-6-5-7-11-16)25-20(27)17-12-8-9-13-18(17)23-21(25)28-14-19(26)24-22(2,3)4/h5-13,15H,14H2,1-4H3,(H,24,26)/t15-/m1/s1. The Morgan fingerprint density at radius 3 is 2.43 bits per heavy atom. The van der Waals surface area contributed by atoms with E-state index in [1.165, 1.54) is 11.8 Å². The maximum Gasteiger partial charge on any atom is 0.262 e. The zero-order valence-corrected chi connectivity index (χ0v) is 17.4. The summed E-state index contributed by atoms with van der Waals surface area (Å²) in [5.41, 5.74) is 1.26. The Morgan fingerprint density at radius 2 is 1.75 bits per heavy atom. The van der Waals surface area contributed by atoms with Crippen LogP contribution in [0.1, 0.15) is 39.3 Å². The smallest absolute Gasteiger partial charge is 0.262 e. The highest BCUT2D eigenvalue weighted by molar-refractivity contribution is 7.99. The van der Waals surface area contributed by atoms with Gasteiger partial charge in [0.1, 0.15) is 0 Å². The number of nitrogens with zero attached hydrogens (tertiary/aromatic N) is 2. The van der Waals surface area contributed by atoms with Gasteiger partial charge in [0.2, 0.25) is 5.91 Å². The van der Waals surface area contributed by atoms with Crippen molar-refractivity contribution in [1.82, 2.24) is 14.9 Å². The third-order valence-electron chi connectivity index (χ3n) is 4.29. The summed E-state index contributed by atoms with van der Waals surface area (Å²) in [5, 5.41) is 4.07. The van der Waals surface area contributed by atoms with Crippen LogP contribution in [0.5, 0.6) is 0 Å². The normalized spacial score (nSPS) is 12.7. The number of nitrogens with one attached hydrogen (secondary N) is 1. The monoisotopic (exact) mass is 395 g/mol. The summed E-state index contributed by atoms with van der Waals surface area (Å²) in [6.45, 7) is 7.80. The van der Waals surface area contributed by atoms with Crippen molar-refractivity contribution >= 4 is 28.6 Å². The summed E-state index contributed by atoms with van der Waals surface area (Å²) in [5.74, 6) is 0.114. The van der Waals surface area contributed by atoms with Crippen molar-refractivity contribution in [1.29, 1.82) is 0 Å². The number of thioether (sulfide) groups is 1. The highest BCUT2D eigenvalue weighted by Crippen LogP contribution is 2.24. The minimum absolute atomic E-state index is 0.0844. The van der Waals surface area contributed by atoms with Gasteiger partial charge in [-0.1, -0.05) is 54.2 Å². The Morgan fingerprint density at radius 1 is 1.11 bits per heavy atom. The highest BCUT2D eigenvalue weighted by Gasteiger charge is 2.20. The summed E-state index contributed by atoms with van der Waals surface area (Å²) in [7, 11) is 0. The Kier molecular flexibility index (Phi) is 5.89. The molecule has 0 fully saturated rings. The maximum absolute atomic E-state index is 13.2. The van der Waals surface area contributed by atoms with Crippen molar-refractivity contribution in [2.75, 3.05) is 5.75 Å².